The highest BCUT2D eigenvalue weighted by molar-refractivity contribution is 5.96. The summed E-state index contributed by atoms with van der Waals surface area (Å²) in [6, 6.07) is 16.4. The fraction of sp³-hybridized carbons (Fsp3) is 0.529. The molecule has 2 aromatic carbocycles. The van der Waals surface area contributed by atoms with E-state index in [2.05, 4.69) is 20.8 Å². The van der Waals surface area contributed by atoms with Crippen molar-refractivity contribution in [1.29, 1.82) is 0 Å². The maximum atomic E-state index is 13.5. The lowest BCUT2D eigenvalue weighted by Crippen LogP contribution is -2.46. The molecule has 4 aromatic rings. The van der Waals surface area contributed by atoms with Crippen molar-refractivity contribution in [2.45, 2.75) is 105 Å². The number of hydrogen-bond acceptors (Lipinski definition) is 11. The maximum absolute atomic E-state index is 13.5. The number of amides is 4. The highest BCUT2D eigenvalue weighted by atomic mass is 19.4. The van der Waals surface area contributed by atoms with Gasteiger partial charge in [0.1, 0.15) is 17.0 Å². The fourth-order valence-electron chi connectivity index (χ4n) is 8.07. The molecule has 5 N–H and O–H groups in total. The average molecular weight is 1060 g/mol. The van der Waals surface area contributed by atoms with Crippen LogP contribution in [-0.4, -0.2) is 127 Å². The number of alkyl halides is 6. The van der Waals surface area contributed by atoms with Gasteiger partial charge < -0.3 is 40.7 Å². The molecule has 0 radical (unpaired) electrons. The van der Waals surface area contributed by atoms with Gasteiger partial charge in [0.15, 0.2) is 11.4 Å². The molecule has 75 heavy (non-hydrogen) atoms. The van der Waals surface area contributed by atoms with Crippen molar-refractivity contribution >= 4 is 35.8 Å². The Labute approximate surface area is 431 Å². The molecular formula is C51H67F6N9O9. The van der Waals surface area contributed by atoms with Gasteiger partial charge in [-0.3, -0.25) is 19.2 Å². The molecule has 2 aliphatic heterocycles. The van der Waals surface area contributed by atoms with E-state index in [4.69, 9.17) is 20.3 Å². The van der Waals surface area contributed by atoms with Crippen LogP contribution in [0.3, 0.4) is 0 Å². The van der Waals surface area contributed by atoms with E-state index >= 15 is 0 Å². The number of halogens is 6. The SMILES string of the molecule is CC1CN(C(=O)OC(C)(C)C)CCC1C(=O)CCCNC(=O)c1cn(-c2ccccc2)nc1C(F)(F)F.CC1CN(C(=O)OC(C)(C)C)CCC1C(=O)O.NCCNC(=O)c1cn(-c2ccccc2)nc1C(F)(F)F. The zero-order chi connectivity index (χ0) is 56.1. The van der Waals surface area contributed by atoms with Gasteiger partial charge >= 0.3 is 30.5 Å². The van der Waals surface area contributed by atoms with Gasteiger partial charge in [-0.1, -0.05) is 50.2 Å². The minimum atomic E-state index is -4.80. The first-order valence-electron chi connectivity index (χ1n) is 24.3. The van der Waals surface area contributed by atoms with Gasteiger partial charge in [0.05, 0.1) is 28.4 Å². The summed E-state index contributed by atoms with van der Waals surface area (Å²) in [6.07, 6.45) is -6.68. The summed E-state index contributed by atoms with van der Waals surface area (Å²) in [5.41, 5.74) is 1.34. The number of aliphatic carboxylic acids is 1. The first kappa shape index (κ1) is 60.6. The van der Waals surface area contributed by atoms with Crippen LogP contribution in [0.15, 0.2) is 73.1 Å². The molecule has 6 rings (SSSR count). The van der Waals surface area contributed by atoms with Gasteiger partial charge in [-0.2, -0.15) is 36.5 Å². The topological polar surface area (TPSA) is 233 Å². The number of likely N-dealkylation sites (tertiary alicyclic amines) is 2. The Hall–Kier alpha value is -6.98. The number of nitrogens with zero attached hydrogens (tertiary/aromatic N) is 6. The summed E-state index contributed by atoms with van der Waals surface area (Å²) in [7, 11) is 0. The van der Waals surface area contributed by atoms with Crippen LogP contribution in [0.25, 0.3) is 11.4 Å². The molecule has 4 heterocycles. The minimum absolute atomic E-state index is 0.0125. The number of nitrogens with two attached hydrogens (primary N) is 1. The largest absolute Gasteiger partial charge is 0.481 e. The van der Waals surface area contributed by atoms with Crippen LogP contribution >= 0.6 is 0 Å². The van der Waals surface area contributed by atoms with Crippen LogP contribution in [0.2, 0.25) is 0 Å². The van der Waals surface area contributed by atoms with Gasteiger partial charge in [0, 0.05) is 70.5 Å². The zero-order valence-corrected chi connectivity index (χ0v) is 43.3. The number of hydrogen-bond donors (Lipinski definition) is 4. The Balaban J connectivity index is 0.000000269. The summed E-state index contributed by atoms with van der Waals surface area (Å²) in [5, 5.41) is 20.8. The van der Waals surface area contributed by atoms with Crippen LogP contribution in [0.1, 0.15) is 113 Å². The number of piperidine rings is 2. The molecular weight excluding hydrogens is 997 g/mol. The van der Waals surface area contributed by atoms with Crippen molar-refractivity contribution in [3.05, 3.63) is 95.6 Å². The Bertz CT molecular complexity index is 2560. The number of ether oxygens (including phenoxy) is 2. The fourth-order valence-corrected chi connectivity index (χ4v) is 8.07. The van der Waals surface area contributed by atoms with E-state index in [0.29, 0.717) is 50.4 Å². The van der Waals surface area contributed by atoms with Gasteiger partial charge in [0.25, 0.3) is 11.8 Å². The summed E-state index contributed by atoms with van der Waals surface area (Å²) in [5.74, 6) is -3.19. The van der Waals surface area contributed by atoms with E-state index in [1.807, 2.05) is 34.6 Å². The standard InChI is InChI=1S/C26H33F3N4O4.C13H13F3N4O.C12H21NO4/c1-17-15-32(24(36)37-25(2,3)4)14-12-19(17)21(34)11-8-13-30-23(35)20-16-33(18-9-6-5-7-10-18)31-22(20)26(27,28)29;14-13(15,16)11-10(12(21)18-7-6-17)8-20(19-11)9-4-2-1-3-5-9;1-8-7-13(6-5-9(8)10(14)15)11(16)17-12(2,3)4/h5-7,9-10,16-17,19H,8,11-15H2,1-4H3,(H,30,35);1-5,8H,6-7,17H2,(H,18,21);8-9H,5-7H2,1-4H3,(H,14,15). The molecule has 4 atom stereocenters. The zero-order valence-electron chi connectivity index (χ0n) is 43.3. The summed E-state index contributed by atoms with van der Waals surface area (Å²) < 4.78 is 92.1. The molecule has 0 bridgehead atoms. The lowest BCUT2D eigenvalue weighted by atomic mass is 9.82. The predicted octanol–water partition coefficient (Wildman–Crippen LogP) is 8.41. The normalized spacial score (nSPS) is 18.1. The number of para-hydroxylation sites is 2. The van der Waals surface area contributed by atoms with E-state index in [0.717, 1.165) is 21.8 Å². The molecule has 4 amide bonds. The van der Waals surface area contributed by atoms with Gasteiger partial charge in [0.2, 0.25) is 0 Å². The molecule has 2 fully saturated rings. The van der Waals surface area contributed by atoms with Crippen molar-refractivity contribution in [3.8, 4) is 11.4 Å². The van der Waals surface area contributed by atoms with Gasteiger partial charge in [-0.15, -0.1) is 0 Å². The first-order chi connectivity index (χ1) is 34.9. The monoisotopic (exact) mass is 1060 g/mol. The number of aromatic nitrogens is 4. The molecule has 0 saturated carbocycles. The smallest absolute Gasteiger partial charge is 0.435 e. The van der Waals surface area contributed by atoms with Crippen molar-refractivity contribution in [2.75, 3.05) is 45.8 Å². The number of carbonyl (C=O) groups is 6. The number of rotatable bonds is 12. The van der Waals surface area contributed by atoms with Crippen molar-refractivity contribution in [1.82, 2.24) is 40.0 Å². The lowest BCUT2D eigenvalue weighted by Gasteiger charge is -2.37. The third-order valence-corrected chi connectivity index (χ3v) is 11.7. The second-order valence-electron chi connectivity index (χ2n) is 20.1. The van der Waals surface area contributed by atoms with Gasteiger partial charge in [-0.25, -0.2) is 19.0 Å². The highest BCUT2D eigenvalue weighted by Gasteiger charge is 2.41. The third kappa shape index (κ3) is 18.4. The second kappa shape index (κ2) is 26.0. The number of Topliss-reactive ketones (excluding diaryl/α,β-unsaturated/α-hetero) is 1. The Morgan fingerprint density at radius 1 is 0.640 bits per heavy atom. The highest BCUT2D eigenvalue weighted by Crippen LogP contribution is 2.33. The molecule has 2 aromatic heterocycles. The molecule has 0 spiro atoms. The Kier molecular flexibility index (Phi) is 21.0. The minimum Gasteiger partial charge on any atom is -0.481 e. The summed E-state index contributed by atoms with van der Waals surface area (Å²) in [6.45, 7) is 16.6. The van der Waals surface area contributed by atoms with Crippen molar-refractivity contribution < 1.29 is 69.7 Å². The molecule has 0 aliphatic carbocycles. The first-order valence-corrected chi connectivity index (χ1v) is 24.3. The summed E-state index contributed by atoms with van der Waals surface area (Å²) >= 11 is 0. The average Bonchev–Trinajstić information content (AvgIpc) is 4.00. The van der Waals surface area contributed by atoms with Crippen molar-refractivity contribution in [2.24, 2.45) is 29.4 Å². The van der Waals surface area contributed by atoms with Gasteiger partial charge in [-0.05, 0) is 96.9 Å². The van der Waals surface area contributed by atoms with E-state index < -0.39 is 69.9 Å². The number of benzene rings is 2. The molecule has 18 nitrogen and oxygen atoms in total. The molecule has 2 aliphatic rings. The second-order valence-corrected chi connectivity index (χ2v) is 20.1. The van der Waals surface area contributed by atoms with Crippen LogP contribution < -0.4 is 16.4 Å². The van der Waals surface area contributed by atoms with Crippen molar-refractivity contribution in [3.63, 3.8) is 0 Å². The lowest BCUT2D eigenvalue weighted by molar-refractivity contribution is -0.145. The number of carbonyl (C=O) groups excluding carboxylic acids is 5. The van der Waals surface area contributed by atoms with Crippen LogP contribution in [0, 0.1) is 23.7 Å². The molecule has 4 unspecified atom stereocenters. The maximum Gasteiger partial charge on any atom is 0.435 e. The number of ketones is 1. The quantitative estimate of drug-likeness (QED) is 0.0774. The van der Waals surface area contributed by atoms with E-state index in [1.165, 1.54) is 0 Å². The molecule has 24 heteroatoms. The predicted molar refractivity (Wildman–Crippen MR) is 263 cm³/mol. The number of nitrogens with one attached hydrogen (secondary N) is 2. The Morgan fingerprint density at radius 3 is 1.37 bits per heavy atom. The van der Waals surface area contributed by atoms with E-state index in [-0.39, 0.29) is 68.0 Å². The van der Waals surface area contributed by atoms with Crippen LogP contribution in [-0.2, 0) is 31.4 Å². The Morgan fingerprint density at radius 2 is 1.03 bits per heavy atom. The molecule has 2 saturated heterocycles. The number of carboxylic acid groups (broad SMARTS) is 1. The third-order valence-electron chi connectivity index (χ3n) is 11.7. The molecule has 412 valence electrons. The number of carboxylic acids is 1. The van der Waals surface area contributed by atoms with E-state index in [1.54, 1.807) is 91.2 Å². The van der Waals surface area contributed by atoms with E-state index in [9.17, 15) is 55.1 Å². The summed E-state index contributed by atoms with van der Waals surface area (Å²) in [4.78, 5) is 75.3. The van der Waals surface area contributed by atoms with Crippen LogP contribution in [0.5, 0.6) is 0 Å². The van der Waals surface area contributed by atoms with Crippen LogP contribution in [0.4, 0.5) is 35.9 Å².